The van der Waals surface area contributed by atoms with Gasteiger partial charge < -0.3 is 19.6 Å². The average molecular weight is 631 g/mol. The van der Waals surface area contributed by atoms with Crippen LogP contribution in [0.25, 0.3) is 33.1 Å². The number of anilines is 1. The number of hydrogen-bond donors (Lipinski definition) is 2. The normalized spacial score (nSPS) is 12.2. The molecule has 0 fully saturated rings. The Balaban J connectivity index is 1.33. The van der Waals surface area contributed by atoms with Crippen molar-refractivity contribution in [1.82, 2.24) is 24.3 Å². The van der Waals surface area contributed by atoms with Gasteiger partial charge in [0.2, 0.25) is 0 Å². The Hall–Kier alpha value is -4.81. The Morgan fingerprint density at radius 1 is 1.02 bits per heavy atom. The number of halogens is 2. The van der Waals surface area contributed by atoms with Crippen LogP contribution in [0, 0.1) is 11.6 Å². The van der Waals surface area contributed by atoms with Gasteiger partial charge in [-0.25, -0.2) is 28.5 Å². The molecule has 0 aliphatic heterocycles. The molecule has 2 N–H and O–H groups in total. The predicted molar refractivity (Wildman–Crippen MR) is 175 cm³/mol. The molecule has 0 aliphatic carbocycles. The topological polar surface area (TPSA) is 107 Å². The Labute approximate surface area is 259 Å². The summed E-state index contributed by atoms with van der Waals surface area (Å²) in [6, 6.07) is 16.1. The maximum Gasteiger partial charge on any atom is 0.263 e. The number of carbonyl (C=O) groups is 1. The summed E-state index contributed by atoms with van der Waals surface area (Å²) in [5.41, 5.74) is 3.02. The summed E-state index contributed by atoms with van der Waals surface area (Å²) in [5, 5.41) is 9.12. The number of aromatic amines is 1. The van der Waals surface area contributed by atoms with E-state index in [1.165, 1.54) is 22.9 Å². The second kappa shape index (κ2) is 12.3. The van der Waals surface area contributed by atoms with E-state index in [-0.39, 0.29) is 24.7 Å². The van der Waals surface area contributed by atoms with E-state index in [9.17, 15) is 18.4 Å². The van der Waals surface area contributed by atoms with Gasteiger partial charge in [-0.2, -0.15) is 5.10 Å². The maximum atomic E-state index is 13.8. The zero-order valence-corrected chi connectivity index (χ0v) is 25.8. The molecule has 9 nitrogen and oxygen atoms in total. The Kier molecular flexibility index (Phi) is 8.26. The minimum atomic E-state index is -1.01. The van der Waals surface area contributed by atoms with E-state index in [4.69, 9.17) is 4.74 Å². The quantitative estimate of drug-likeness (QED) is 0.181. The molecule has 0 saturated carbocycles. The van der Waals surface area contributed by atoms with Crippen LogP contribution in [0.3, 0.4) is 0 Å². The van der Waals surface area contributed by atoms with Crippen molar-refractivity contribution >= 4 is 43.7 Å². The van der Waals surface area contributed by atoms with Gasteiger partial charge in [0, 0.05) is 40.7 Å². The van der Waals surface area contributed by atoms with Crippen molar-refractivity contribution in [2.45, 2.75) is 13.3 Å². The predicted octanol–water partition coefficient (Wildman–Crippen LogP) is 5.99. The summed E-state index contributed by atoms with van der Waals surface area (Å²) >= 11 is 0. The van der Waals surface area contributed by atoms with Crippen LogP contribution in [0.4, 0.5) is 14.6 Å². The average Bonchev–Trinajstić information content (AvgIpc) is 3.59. The van der Waals surface area contributed by atoms with Crippen molar-refractivity contribution < 1.29 is 18.3 Å². The molecule has 0 saturated heterocycles. The molecular formula is C33H32F2N6O3S. The highest BCUT2D eigenvalue weighted by Crippen LogP contribution is 2.34. The molecule has 232 valence electrons. The summed E-state index contributed by atoms with van der Waals surface area (Å²) in [6.07, 6.45) is 11.8. The molecule has 45 heavy (non-hydrogen) atoms. The van der Waals surface area contributed by atoms with Crippen LogP contribution in [-0.2, 0) is 18.0 Å². The number of rotatable bonds is 10. The number of ether oxygens (including phenoxy) is 1. The fourth-order valence-corrected chi connectivity index (χ4v) is 5.65. The van der Waals surface area contributed by atoms with Gasteiger partial charge in [-0.15, -0.1) is 0 Å². The third-order valence-corrected chi connectivity index (χ3v) is 8.79. The second-order valence-electron chi connectivity index (χ2n) is 11.6. The van der Waals surface area contributed by atoms with Gasteiger partial charge >= 0.3 is 0 Å². The van der Waals surface area contributed by atoms with E-state index < -0.39 is 33.1 Å². The molecule has 0 aliphatic rings. The minimum Gasteiger partial charge on any atom is -0.358 e. The molecule has 12 heteroatoms. The van der Waals surface area contributed by atoms with Crippen LogP contribution in [0.2, 0.25) is 0 Å². The summed E-state index contributed by atoms with van der Waals surface area (Å²) in [6.45, 7) is 0.722. The third-order valence-electron chi connectivity index (χ3n) is 7.40. The van der Waals surface area contributed by atoms with Crippen molar-refractivity contribution in [3.05, 3.63) is 112 Å². The summed E-state index contributed by atoms with van der Waals surface area (Å²) in [4.78, 5) is 34.4. The number of nitrogens with one attached hydrogen (secondary N) is 2. The first kappa shape index (κ1) is 30.2. The zero-order chi connectivity index (χ0) is 31.7. The highest BCUT2D eigenvalue weighted by molar-refractivity contribution is 8.32. The smallest absolute Gasteiger partial charge is 0.263 e. The lowest BCUT2D eigenvalue weighted by molar-refractivity contribution is 0.0841. The van der Waals surface area contributed by atoms with E-state index in [2.05, 4.69) is 39.2 Å². The molecule has 0 bridgehead atoms. The summed E-state index contributed by atoms with van der Waals surface area (Å²) in [5.74, 6) is -1.42. The van der Waals surface area contributed by atoms with Crippen LogP contribution in [0.5, 0.6) is 0 Å². The standard InChI is InChI=1S/C33H32F2N6O3S/c1-45(2,3)15-14-44-20-41-29-11-9-22(26-18-37-30-23(26)6-4-12-36-30)17-25(29)31(39-41)38-32(42)24-7-5-13-40(33(24)43)19-21-8-10-27(34)28(35)16-21/h4-13,16-18H,14-15,19-20H2,1-3H3,(H,36,37)(H,38,39,42). The van der Waals surface area contributed by atoms with Crippen molar-refractivity contribution in [1.29, 1.82) is 0 Å². The molecule has 0 atom stereocenters. The van der Waals surface area contributed by atoms with E-state index in [1.54, 1.807) is 16.9 Å². The molecule has 6 rings (SSSR count). The highest BCUT2D eigenvalue weighted by atomic mass is 32.3. The van der Waals surface area contributed by atoms with Gasteiger partial charge in [0.15, 0.2) is 17.5 Å². The number of amides is 1. The SMILES string of the molecule is CS(C)(C)CCOCn1nc(NC(=O)c2cccn(Cc3ccc(F)c(F)c3)c2=O)c2cc(-c3c[nH]c4ncccc34)ccc21. The number of carbonyl (C=O) groups excluding carboxylic acids is 1. The fraction of sp³-hybridized carbons (Fsp3) is 0.212. The monoisotopic (exact) mass is 630 g/mol. The Morgan fingerprint density at radius 3 is 2.67 bits per heavy atom. The van der Waals surface area contributed by atoms with Crippen LogP contribution in [0.15, 0.2) is 84.0 Å². The number of H-pyrrole nitrogens is 1. The first-order chi connectivity index (χ1) is 21.6. The Bertz CT molecular complexity index is 2100. The van der Waals surface area contributed by atoms with Gasteiger partial charge in [0.05, 0.1) is 18.7 Å². The fourth-order valence-electron chi connectivity index (χ4n) is 5.04. The third kappa shape index (κ3) is 6.52. The van der Waals surface area contributed by atoms with Crippen molar-refractivity contribution in [3.8, 4) is 11.1 Å². The highest BCUT2D eigenvalue weighted by Gasteiger charge is 2.19. The zero-order valence-electron chi connectivity index (χ0n) is 25.0. The van der Waals surface area contributed by atoms with Crippen LogP contribution in [-0.4, -0.2) is 61.3 Å². The van der Waals surface area contributed by atoms with Crippen LogP contribution < -0.4 is 10.9 Å². The molecule has 2 aromatic carbocycles. The minimum absolute atomic E-state index is 0.0365. The Morgan fingerprint density at radius 2 is 1.87 bits per heavy atom. The van der Waals surface area contributed by atoms with E-state index >= 15 is 0 Å². The lowest BCUT2D eigenvalue weighted by atomic mass is 10.0. The number of hydrogen-bond acceptors (Lipinski definition) is 5. The lowest BCUT2D eigenvalue weighted by Crippen LogP contribution is -2.29. The summed E-state index contributed by atoms with van der Waals surface area (Å²) in [7, 11) is -0.729. The maximum absolute atomic E-state index is 13.8. The molecule has 0 radical (unpaired) electrons. The van der Waals surface area contributed by atoms with Gasteiger partial charge in [0.1, 0.15) is 17.9 Å². The molecule has 4 aromatic heterocycles. The van der Waals surface area contributed by atoms with Gasteiger partial charge in [-0.1, -0.05) is 12.1 Å². The number of nitrogens with zero attached hydrogens (tertiary/aromatic N) is 4. The molecule has 4 heterocycles. The number of fused-ring (bicyclic) bond motifs is 2. The molecular weight excluding hydrogens is 598 g/mol. The first-order valence-electron chi connectivity index (χ1n) is 14.2. The lowest BCUT2D eigenvalue weighted by Gasteiger charge is -2.24. The largest absolute Gasteiger partial charge is 0.358 e. The van der Waals surface area contributed by atoms with E-state index in [0.29, 0.717) is 17.6 Å². The van der Waals surface area contributed by atoms with Crippen molar-refractivity contribution in [2.24, 2.45) is 0 Å². The van der Waals surface area contributed by atoms with E-state index in [1.807, 2.05) is 36.5 Å². The van der Waals surface area contributed by atoms with Crippen LogP contribution >= 0.6 is 10.0 Å². The van der Waals surface area contributed by atoms with Gasteiger partial charge in [-0.3, -0.25) is 9.59 Å². The van der Waals surface area contributed by atoms with E-state index in [0.717, 1.165) is 45.6 Å². The van der Waals surface area contributed by atoms with Gasteiger partial charge in [-0.05, 0) is 78.4 Å². The molecule has 0 unspecified atom stereocenters. The summed E-state index contributed by atoms with van der Waals surface area (Å²) < 4.78 is 36.1. The van der Waals surface area contributed by atoms with Crippen molar-refractivity contribution in [2.75, 3.05) is 36.4 Å². The number of benzene rings is 2. The molecule has 6 aromatic rings. The first-order valence-corrected chi connectivity index (χ1v) is 17.2. The van der Waals surface area contributed by atoms with Crippen LogP contribution in [0.1, 0.15) is 15.9 Å². The molecule has 1 amide bonds. The molecule has 0 spiro atoms. The van der Waals surface area contributed by atoms with Crippen molar-refractivity contribution in [3.63, 3.8) is 0 Å². The number of aromatic nitrogens is 5. The second-order valence-corrected chi connectivity index (χ2v) is 16.2. The van der Waals surface area contributed by atoms with Gasteiger partial charge in [0.25, 0.3) is 11.5 Å². The number of pyridine rings is 2.